The third kappa shape index (κ3) is 3.54. The molecule has 2 N–H and O–H groups in total. The van der Waals surface area contributed by atoms with E-state index in [4.69, 9.17) is 5.11 Å². The molecule has 2 aromatic rings. The molecule has 0 saturated heterocycles. The van der Waals surface area contributed by atoms with Gasteiger partial charge in [0.2, 0.25) is 0 Å². The van der Waals surface area contributed by atoms with Crippen molar-refractivity contribution in [2.24, 2.45) is 5.92 Å². The van der Waals surface area contributed by atoms with Gasteiger partial charge in [-0.25, -0.2) is 4.98 Å². The highest BCUT2D eigenvalue weighted by Gasteiger charge is 2.07. The van der Waals surface area contributed by atoms with E-state index in [1.165, 1.54) is 12.8 Å². The number of nitrogens with zero attached hydrogens (tertiary/aromatic N) is 2. The van der Waals surface area contributed by atoms with Crippen molar-refractivity contribution in [2.75, 3.05) is 13.2 Å². The van der Waals surface area contributed by atoms with E-state index in [0.717, 1.165) is 30.2 Å². The zero-order chi connectivity index (χ0) is 12.8. The van der Waals surface area contributed by atoms with Gasteiger partial charge in [0.1, 0.15) is 0 Å². The molecular weight excluding hydrogens is 246 g/mol. The summed E-state index contributed by atoms with van der Waals surface area (Å²) in [6, 6.07) is 0. The van der Waals surface area contributed by atoms with Gasteiger partial charge in [-0.1, -0.05) is 13.3 Å². The highest BCUT2D eigenvalue weighted by molar-refractivity contribution is 7.15. The molecule has 1 unspecified atom stereocenters. The van der Waals surface area contributed by atoms with Gasteiger partial charge in [0.25, 0.3) is 0 Å². The van der Waals surface area contributed by atoms with Gasteiger partial charge in [0, 0.05) is 30.9 Å². The summed E-state index contributed by atoms with van der Waals surface area (Å²) in [4.78, 5) is 5.58. The minimum absolute atomic E-state index is 0.284. The summed E-state index contributed by atoms with van der Waals surface area (Å²) in [6.45, 7) is 4.24. The minimum atomic E-state index is 0.284. The first-order valence-corrected chi connectivity index (χ1v) is 7.44. The van der Waals surface area contributed by atoms with Gasteiger partial charge in [0.05, 0.1) is 5.69 Å². The Hall–Kier alpha value is -0.910. The lowest BCUT2D eigenvalue weighted by Crippen LogP contribution is -2.23. The normalized spacial score (nSPS) is 13.2. The molecule has 0 amide bonds. The summed E-state index contributed by atoms with van der Waals surface area (Å²) in [6.07, 6.45) is 7.33. The lowest BCUT2D eigenvalue weighted by atomic mass is 10.0. The fraction of sp³-hybridized carbons (Fsp3) is 0.615. The van der Waals surface area contributed by atoms with E-state index in [1.54, 1.807) is 11.3 Å². The number of thiazole rings is 1. The Kier molecular flexibility index (Phi) is 5.16. The molecule has 100 valence electrons. The molecule has 0 aliphatic carbocycles. The first-order valence-electron chi connectivity index (χ1n) is 6.56. The Labute approximate surface area is 112 Å². The second-order valence-corrected chi connectivity index (χ2v) is 5.50. The fourth-order valence-electron chi connectivity index (χ4n) is 2.20. The van der Waals surface area contributed by atoms with E-state index in [9.17, 15) is 0 Å². The van der Waals surface area contributed by atoms with Crippen LogP contribution >= 0.6 is 11.3 Å². The quantitative estimate of drug-likeness (QED) is 0.771. The molecule has 2 aromatic heterocycles. The van der Waals surface area contributed by atoms with E-state index in [2.05, 4.69) is 27.8 Å². The maximum atomic E-state index is 9.01. The molecule has 0 radical (unpaired) electrons. The minimum Gasteiger partial charge on any atom is -0.396 e. The Morgan fingerprint density at radius 1 is 1.50 bits per heavy atom. The number of imidazole rings is 1. The van der Waals surface area contributed by atoms with Crippen molar-refractivity contribution in [1.82, 2.24) is 14.7 Å². The summed E-state index contributed by atoms with van der Waals surface area (Å²) < 4.78 is 2.05. The van der Waals surface area contributed by atoms with Crippen molar-refractivity contribution in [1.29, 1.82) is 0 Å². The van der Waals surface area contributed by atoms with Crippen molar-refractivity contribution in [2.45, 2.75) is 32.7 Å². The summed E-state index contributed by atoms with van der Waals surface area (Å²) in [7, 11) is 0. The monoisotopic (exact) mass is 267 g/mol. The first kappa shape index (κ1) is 13.5. The molecule has 2 rings (SSSR count). The van der Waals surface area contributed by atoms with Gasteiger partial charge < -0.3 is 10.4 Å². The summed E-state index contributed by atoms with van der Waals surface area (Å²) in [5.74, 6) is 0.573. The van der Waals surface area contributed by atoms with E-state index >= 15 is 0 Å². The van der Waals surface area contributed by atoms with Crippen LogP contribution in [0.25, 0.3) is 4.96 Å². The van der Waals surface area contributed by atoms with Crippen LogP contribution in [-0.2, 0) is 6.54 Å². The van der Waals surface area contributed by atoms with Crippen molar-refractivity contribution >= 4 is 16.3 Å². The Balaban J connectivity index is 1.78. The molecule has 0 aliphatic rings. The lowest BCUT2D eigenvalue weighted by molar-refractivity contribution is 0.248. The average Bonchev–Trinajstić information content (AvgIpc) is 2.90. The van der Waals surface area contributed by atoms with Gasteiger partial charge in [-0.15, -0.1) is 11.3 Å². The highest BCUT2D eigenvalue weighted by atomic mass is 32.1. The van der Waals surface area contributed by atoms with Gasteiger partial charge >= 0.3 is 0 Å². The number of aromatic nitrogens is 2. The molecule has 0 saturated carbocycles. The Morgan fingerprint density at radius 2 is 2.39 bits per heavy atom. The number of fused-ring (bicyclic) bond motifs is 1. The standard InChI is InChI=1S/C13H21N3OS/c1-2-3-11(4-6-17)8-14-9-12-10-16-5-7-18-13(16)15-12/h5,7,10-11,14,17H,2-4,6,8-9H2,1H3. The van der Waals surface area contributed by atoms with Gasteiger partial charge in [-0.2, -0.15) is 0 Å². The van der Waals surface area contributed by atoms with Crippen molar-refractivity contribution < 1.29 is 5.11 Å². The van der Waals surface area contributed by atoms with E-state index in [-0.39, 0.29) is 6.61 Å². The van der Waals surface area contributed by atoms with Crippen LogP contribution in [0.5, 0.6) is 0 Å². The maximum Gasteiger partial charge on any atom is 0.193 e. The number of rotatable bonds is 8. The van der Waals surface area contributed by atoms with E-state index < -0.39 is 0 Å². The fourth-order valence-corrected chi connectivity index (χ4v) is 2.92. The van der Waals surface area contributed by atoms with Crippen molar-refractivity contribution in [3.05, 3.63) is 23.5 Å². The van der Waals surface area contributed by atoms with Crippen LogP contribution < -0.4 is 5.32 Å². The number of hydrogen-bond donors (Lipinski definition) is 2. The zero-order valence-corrected chi connectivity index (χ0v) is 11.6. The maximum absolute atomic E-state index is 9.01. The first-order chi connectivity index (χ1) is 8.83. The third-order valence-corrected chi connectivity index (χ3v) is 3.89. The summed E-state index contributed by atoms with van der Waals surface area (Å²) in [5, 5.41) is 14.5. The zero-order valence-electron chi connectivity index (χ0n) is 10.8. The summed E-state index contributed by atoms with van der Waals surface area (Å²) in [5.41, 5.74) is 1.08. The van der Waals surface area contributed by atoms with Crippen LogP contribution in [0, 0.1) is 5.92 Å². The molecule has 5 heteroatoms. The SMILES string of the molecule is CCCC(CCO)CNCc1cn2ccsc2n1. The predicted octanol–water partition coefficient (Wildman–Crippen LogP) is 2.28. The molecular formula is C13H21N3OS. The molecule has 4 nitrogen and oxygen atoms in total. The third-order valence-electron chi connectivity index (χ3n) is 3.12. The molecule has 0 aromatic carbocycles. The van der Waals surface area contributed by atoms with E-state index in [0.29, 0.717) is 5.92 Å². The van der Waals surface area contributed by atoms with Crippen LogP contribution in [0.1, 0.15) is 31.9 Å². The van der Waals surface area contributed by atoms with Crippen LogP contribution in [-0.4, -0.2) is 27.6 Å². The number of aliphatic hydroxyl groups excluding tert-OH is 1. The smallest absolute Gasteiger partial charge is 0.193 e. The molecule has 0 bridgehead atoms. The molecule has 0 spiro atoms. The highest BCUT2D eigenvalue weighted by Crippen LogP contribution is 2.12. The van der Waals surface area contributed by atoms with Gasteiger partial charge in [-0.3, -0.25) is 4.40 Å². The van der Waals surface area contributed by atoms with Gasteiger partial charge in [0.15, 0.2) is 4.96 Å². The van der Waals surface area contributed by atoms with Crippen molar-refractivity contribution in [3.8, 4) is 0 Å². The average molecular weight is 267 g/mol. The van der Waals surface area contributed by atoms with Crippen LogP contribution in [0.2, 0.25) is 0 Å². The molecule has 0 aliphatic heterocycles. The number of nitrogens with one attached hydrogen (secondary N) is 1. The largest absolute Gasteiger partial charge is 0.396 e. The predicted molar refractivity (Wildman–Crippen MR) is 74.9 cm³/mol. The Morgan fingerprint density at radius 3 is 3.11 bits per heavy atom. The van der Waals surface area contributed by atoms with Crippen LogP contribution in [0.15, 0.2) is 17.8 Å². The second kappa shape index (κ2) is 6.87. The summed E-state index contributed by atoms with van der Waals surface area (Å²) >= 11 is 1.66. The molecule has 0 fully saturated rings. The van der Waals surface area contributed by atoms with Crippen LogP contribution in [0.3, 0.4) is 0 Å². The topological polar surface area (TPSA) is 49.6 Å². The Bertz CT molecular complexity index is 431. The number of hydrogen-bond acceptors (Lipinski definition) is 4. The number of aliphatic hydroxyl groups is 1. The molecule has 1 atom stereocenters. The molecule has 2 heterocycles. The van der Waals surface area contributed by atoms with Gasteiger partial charge in [-0.05, 0) is 25.3 Å². The lowest BCUT2D eigenvalue weighted by Gasteiger charge is -2.14. The molecule has 18 heavy (non-hydrogen) atoms. The van der Waals surface area contributed by atoms with E-state index in [1.807, 2.05) is 11.6 Å². The second-order valence-electron chi connectivity index (χ2n) is 4.62. The van der Waals surface area contributed by atoms with Crippen molar-refractivity contribution in [3.63, 3.8) is 0 Å². The van der Waals surface area contributed by atoms with Crippen LogP contribution in [0.4, 0.5) is 0 Å².